The summed E-state index contributed by atoms with van der Waals surface area (Å²) in [6.45, 7) is 1.60. The minimum Gasteiger partial charge on any atom is -0.465 e. The van der Waals surface area contributed by atoms with Gasteiger partial charge in [-0.05, 0) is 39.2 Å². The molecule has 102 valence electrons. The minimum atomic E-state index is -0.0230. The molecule has 6 heteroatoms. The van der Waals surface area contributed by atoms with Crippen molar-refractivity contribution in [3.8, 4) is 0 Å². The molecular weight excluding hydrogens is 280 g/mol. The van der Waals surface area contributed by atoms with Crippen molar-refractivity contribution in [2.24, 2.45) is 0 Å². The molecule has 4 nitrogen and oxygen atoms in total. The number of carbonyl (C=O) groups is 1. The summed E-state index contributed by atoms with van der Waals surface area (Å²) in [4.78, 5) is 16.6. The van der Waals surface area contributed by atoms with Crippen LogP contribution < -0.4 is 0 Å². The molecule has 1 aliphatic rings. The first-order chi connectivity index (χ1) is 9.08. The van der Waals surface area contributed by atoms with Gasteiger partial charge in [0.1, 0.15) is 10.1 Å². The van der Waals surface area contributed by atoms with E-state index in [0.717, 1.165) is 13.0 Å². The van der Waals surface area contributed by atoms with Crippen LogP contribution in [0.3, 0.4) is 0 Å². The average molecular weight is 296 g/mol. The lowest BCUT2D eigenvalue weighted by molar-refractivity contribution is -0.122. The fourth-order valence-corrected chi connectivity index (χ4v) is 3.03. The number of amides is 1. The molecule has 19 heavy (non-hydrogen) atoms. The van der Waals surface area contributed by atoms with Crippen molar-refractivity contribution in [1.29, 1.82) is 0 Å². The molecule has 1 aromatic heterocycles. The highest BCUT2D eigenvalue weighted by atomic mass is 32.2. The second-order valence-electron chi connectivity index (χ2n) is 4.51. The Hall–Kier alpha value is -1.11. The summed E-state index contributed by atoms with van der Waals surface area (Å²) in [6.07, 6.45) is 4.24. The van der Waals surface area contributed by atoms with Gasteiger partial charge in [-0.2, -0.15) is 0 Å². The smallest absolute Gasteiger partial charge is 0.266 e. The van der Waals surface area contributed by atoms with E-state index < -0.39 is 0 Å². The van der Waals surface area contributed by atoms with Crippen molar-refractivity contribution >= 4 is 40.3 Å². The van der Waals surface area contributed by atoms with Crippen LogP contribution >= 0.6 is 24.0 Å². The Labute approximate surface area is 122 Å². The summed E-state index contributed by atoms with van der Waals surface area (Å²) < 4.78 is 5.84. The summed E-state index contributed by atoms with van der Waals surface area (Å²) in [5.74, 6) is 0.652. The Morgan fingerprint density at radius 1 is 1.53 bits per heavy atom. The summed E-state index contributed by atoms with van der Waals surface area (Å²) in [5.41, 5.74) is 0. The molecule has 0 aliphatic carbocycles. The first-order valence-corrected chi connectivity index (χ1v) is 7.24. The number of hydrogen-bond donors (Lipinski definition) is 0. The molecule has 1 fully saturated rings. The van der Waals surface area contributed by atoms with Crippen LogP contribution in [-0.2, 0) is 4.79 Å². The topological polar surface area (TPSA) is 36.7 Å². The second-order valence-corrected chi connectivity index (χ2v) is 6.18. The quantitative estimate of drug-likeness (QED) is 0.616. The van der Waals surface area contributed by atoms with Gasteiger partial charge in [-0.25, -0.2) is 0 Å². The van der Waals surface area contributed by atoms with Gasteiger partial charge in [0, 0.05) is 12.6 Å². The molecule has 0 spiro atoms. The maximum absolute atomic E-state index is 12.2. The fraction of sp³-hybridized carbons (Fsp3) is 0.385. The largest absolute Gasteiger partial charge is 0.465 e. The molecule has 0 N–H and O–H groups in total. The normalized spacial score (nSPS) is 18.1. The molecule has 2 rings (SSSR count). The molecule has 0 aromatic carbocycles. The summed E-state index contributed by atoms with van der Waals surface area (Å²) >= 11 is 6.59. The lowest BCUT2D eigenvalue weighted by atomic mass is 10.3. The van der Waals surface area contributed by atoms with Crippen molar-refractivity contribution in [2.45, 2.75) is 6.42 Å². The second kappa shape index (κ2) is 6.36. The van der Waals surface area contributed by atoms with Gasteiger partial charge in [-0.15, -0.1) is 0 Å². The third-order valence-electron chi connectivity index (χ3n) is 2.68. The Morgan fingerprint density at radius 2 is 2.32 bits per heavy atom. The molecule has 2 heterocycles. The number of thioether (sulfide) groups is 1. The van der Waals surface area contributed by atoms with Gasteiger partial charge in [0.25, 0.3) is 5.91 Å². The summed E-state index contributed by atoms with van der Waals surface area (Å²) in [5, 5.41) is 0. The highest BCUT2D eigenvalue weighted by Gasteiger charge is 2.31. The maximum atomic E-state index is 12.2. The SMILES string of the molecule is CN(C)CCCN1C(=O)C(=Cc2ccco2)SC1=S. The lowest BCUT2D eigenvalue weighted by Gasteiger charge is -2.16. The Morgan fingerprint density at radius 3 is 2.95 bits per heavy atom. The van der Waals surface area contributed by atoms with E-state index in [1.165, 1.54) is 11.8 Å². The number of nitrogens with zero attached hydrogens (tertiary/aromatic N) is 2. The zero-order valence-electron chi connectivity index (χ0n) is 11.0. The Kier molecular flexibility index (Phi) is 4.79. The Bertz CT molecular complexity index is 495. The molecular formula is C13H16N2O2S2. The van der Waals surface area contributed by atoms with Crippen molar-refractivity contribution < 1.29 is 9.21 Å². The van der Waals surface area contributed by atoms with E-state index in [9.17, 15) is 4.79 Å². The van der Waals surface area contributed by atoms with E-state index in [0.29, 0.717) is 21.5 Å². The highest BCUT2D eigenvalue weighted by molar-refractivity contribution is 8.26. The molecule has 0 atom stereocenters. The standard InChI is InChI=1S/C13H16N2O2S2/c1-14(2)6-4-7-15-12(16)11(19-13(15)18)9-10-5-3-8-17-10/h3,5,8-9H,4,6-7H2,1-2H3. The van der Waals surface area contributed by atoms with Gasteiger partial charge in [0.05, 0.1) is 11.2 Å². The summed E-state index contributed by atoms with van der Waals surface area (Å²) in [6, 6.07) is 3.61. The van der Waals surface area contributed by atoms with Crippen LogP contribution in [0.2, 0.25) is 0 Å². The first kappa shape index (κ1) is 14.3. The Balaban J connectivity index is 2.00. The van der Waals surface area contributed by atoms with Gasteiger partial charge < -0.3 is 9.32 Å². The number of furan rings is 1. The van der Waals surface area contributed by atoms with Crippen LogP contribution in [0.25, 0.3) is 6.08 Å². The lowest BCUT2D eigenvalue weighted by Crippen LogP contribution is -2.30. The molecule has 1 aromatic rings. The van der Waals surface area contributed by atoms with Crippen molar-refractivity contribution in [1.82, 2.24) is 9.80 Å². The maximum Gasteiger partial charge on any atom is 0.266 e. The van der Waals surface area contributed by atoms with Gasteiger partial charge >= 0.3 is 0 Å². The number of rotatable bonds is 5. The van der Waals surface area contributed by atoms with E-state index in [1.54, 1.807) is 23.3 Å². The summed E-state index contributed by atoms with van der Waals surface area (Å²) in [7, 11) is 4.03. The minimum absolute atomic E-state index is 0.0230. The third kappa shape index (κ3) is 3.68. The predicted molar refractivity (Wildman–Crippen MR) is 81.8 cm³/mol. The first-order valence-electron chi connectivity index (χ1n) is 6.01. The third-order valence-corrected chi connectivity index (χ3v) is 4.05. The van der Waals surface area contributed by atoms with Crippen LogP contribution in [-0.4, -0.2) is 47.2 Å². The van der Waals surface area contributed by atoms with Crippen LogP contribution in [0.15, 0.2) is 27.7 Å². The van der Waals surface area contributed by atoms with Crippen molar-refractivity contribution in [3.63, 3.8) is 0 Å². The van der Waals surface area contributed by atoms with Crippen LogP contribution in [0.1, 0.15) is 12.2 Å². The van der Waals surface area contributed by atoms with Gasteiger partial charge in [0.2, 0.25) is 0 Å². The van der Waals surface area contributed by atoms with Crippen molar-refractivity contribution in [3.05, 3.63) is 29.1 Å². The zero-order chi connectivity index (χ0) is 13.8. The average Bonchev–Trinajstić information content (AvgIpc) is 2.93. The van der Waals surface area contributed by atoms with E-state index >= 15 is 0 Å². The zero-order valence-corrected chi connectivity index (χ0v) is 12.6. The number of hydrogen-bond acceptors (Lipinski definition) is 5. The molecule has 1 saturated heterocycles. The fourth-order valence-electron chi connectivity index (χ4n) is 1.74. The molecule has 1 amide bonds. The monoisotopic (exact) mass is 296 g/mol. The van der Waals surface area contributed by atoms with Crippen molar-refractivity contribution in [2.75, 3.05) is 27.2 Å². The van der Waals surface area contributed by atoms with Crippen LogP contribution in [0.5, 0.6) is 0 Å². The number of carbonyl (C=O) groups excluding carboxylic acids is 1. The van der Waals surface area contributed by atoms with Gasteiger partial charge in [-0.1, -0.05) is 24.0 Å². The van der Waals surface area contributed by atoms with Crippen LogP contribution in [0.4, 0.5) is 0 Å². The molecule has 0 radical (unpaired) electrons. The van der Waals surface area contributed by atoms with E-state index in [1.807, 2.05) is 20.2 Å². The van der Waals surface area contributed by atoms with Gasteiger partial charge in [0.15, 0.2) is 0 Å². The molecule has 1 aliphatic heterocycles. The molecule has 0 bridgehead atoms. The number of thiocarbonyl (C=S) groups is 1. The van der Waals surface area contributed by atoms with Crippen LogP contribution in [0, 0.1) is 0 Å². The highest BCUT2D eigenvalue weighted by Crippen LogP contribution is 2.32. The predicted octanol–water partition coefficient (Wildman–Crippen LogP) is 2.43. The molecule has 0 unspecified atom stereocenters. The van der Waals surface area contributed by atoms with E-state index in [4.69, 9.17) is 16.6 Å². The molecule has 0 saturated carbocycles. The van der Waals surface area contributed by atoms with E-state index in [2.05, 4.69) is 4.90 Å². The van der Waals surface area contributed by atoms with E-state index in [-0.39, 0.29) is 5.91 Å². The van der Waals surface area contributed by atoms with Gasteiger partial charge in [-0.3, -0.25) is 9.69 Å².